The van der Waals surface area contributed by atoms with E-state index in [4.69, 9.17) is 0 Å². The zero-order chi connectivity index (χ0) is 20.8. The van der Waals surface area contributed by atoms with Crippen LogP contribution in [-0.2, 0) is 42.2 Å². The Bertz CT molecular complexity index is 931. The maximum Gasteiger partial charge on any atom is 0.323 e. The van der Waals surface area contributed by atoms with E-state index in [0.29, 0.717) is 0 Å². The van der Waals surface area contributed by atoms with Crippen LogP contribution in [0.15, 0.2) is 58.3 Å². The molecule has 12 heteroatoms. The zero-order valence-electron chi connectivity index (χ0n) is 15.0. The first kappa shape index (κ1) is 22.7. The average Bonchev–Trinajstić information content (AvgIpc) is 2.62. The summed E-state index contributed by atoms with van der Waals surface area (Å²) in [5.74, 6) is 0. The minimum Gasteiger partial charge on any atom is -0.282 e. The molecule has 2 rings (SSSR count). The second-order valence-corrected chi connectivity index (χ2v) is 9.85. The first-order valence-electron chi connectivity index (χ1n) is 7.82. The molecule has 28 heavy (non-hydrogen) atoms. The van der Waals surface area contributed by atoms with Gasteiger partial charge in [-0.25, -0.2) is 8.37 Å². The quantitative estimate of drug-likeness (QED) is 0.305. The number of aryl methyl sites for hydroxylation is 2. The van der Waals surface area contributed by atoms with Gasteiger partial charge in [0.05, 0.1) is 9.79 Å². The van der Waals surface area contributed by atoms with Gasteiger partial charge in [-0.1, -0.05) is 35.4 Å². The summed E-state index contributed by atoms with van der Waals surface area (Å²) >= 11 is 0. The standard InChI is InChI=1S/C16H19O9PS2/c1-13-3-7-15(8-4-13)27(18,19)24-11-22-26(17)23-12-25-28(20,21)16-9-5-14(2)6-10-16/h3-10,26H,11-12H2,1-2H3. The topological polar surface area (TPSA) is 122 Å². The Kier molecular flexibility index (Phi) is 7.90. The van der Waals surface area contributed by atoms with E-state index < -0.39 is 42.1 Å². The fraction of sp³-hybridized carbons (Fsp3) is 0.250. The minimum atomic E-state index is -4.09. The number of hydrogen-bond donors (Lipinski definition) is 0. The summed E-state index contributed by atoms with van der Waals surface area (Å²) in [5, 5.41) is 0. The van der Waals surface area contributed by atoms with E-state index in [0.717, 1.165) is 11.1 Å². The van der Waals surface area contributed by atoms with E-state index in [2.05, 4.69) is 17.4 Å². The van der Waals surface area contributed by atoms with Gasteiger partial charge >= 0.3 is 8.25 Å². The maximum atomic E-state index is 11.9. The number of rotatable bonds is 10. The normalized spacial score (nSPS) is 12.4. The minimum absolute atomic E-state index is 0.0881. The van der Waals surface area contributed by atoms with Crippen molar-refractivity contribution in [1.29, 1.82) is 0 Å². The highest BCUT2D eigenvalue weighted by atomic mass is 32.2. The summed E-state index contributed by atoms with van der Waals surface area (Å²) in [4.78, 5) is -0.176. The smallest absolute Gasteiger partial charge is 0.282 e. The molecule has 0 aliphatic heterocycles. The highest BCUT2D eigenvalue weighted by Gasteiger charge is 2.17. The molecule has 0 heterocycles. The third-order valence-corrected chi connectivity index (χ3v) is 6.60. The molecule has 0 bridgehead atoms. The molecule has 2 aromatic carbocycles. The third-order valence-electron chi connectivity index (χ3n) is 3.38. The Morgan fingerprint density at radius 2 is 1.00 bits per heavy atom. The lowest BCUT2D eigenvalue weighted by atomic mass is 10.2. The molecule has 0 aliphatic rings. The molecule has 0 aromatic heterocycles. The zero-order valence-corrected chi connectivity index (χ0v) is 17.7. The van der Waals surface area contributed by atoms with Crippen LogP contribution in [0.25, 0.3) is 0 Å². The van der Waals surface area contributed by atoms with Gasteiger partial charge in [-0.3, -0.25) is 13.6 Å². The molecule has 0 radical (unpaired) electrons. The largest absolute Gasteiger partial charge is 0.323 e. The molecule has 0 saturated carbocycles. The van der Waals surface area contributed by atoms with Crippen molar-refractivity contribution in [1.82, 2.24) is 0 Å². The summed E-state index contributed by atoms with van der Waals surface area (Å²) in [6.07, 6.45) is 0. The predicted molar refractivity (Wildman–Crippen MR) is 99.8 cm³/mol. The van der Waals surface area contributed by atoms with Gasteiger partial charge in [0.25, 0.3) is 20.2 Å². The van der Waals surface area contributed by atoms with Crippen LogP contribution in [0, 0.1) is 13.8 Å². The first-order valence-corrected chi connectivity index (χ1v) is 11.9. The van der Waals surface area contributed by atoms with Crippen molar-refractivity contribution >= 4 is 28.5 Å². The van der Waals surface area contributed by atoms with Crippen LogP contribution >= 0.6 is 8.25 Å². The Morgan fingerprint density at radius 1 is 0.679 bits per heavy atom. The molecule has 0 amide bonds. The van der Waals surface area contributed by atoms with Crippen molar-refractivity contribution in [2.45, 2.75) is 23.6 Å². The van der Waals surface area contributed by atoms with Gasteiger partial charge in [-0.15, -0.1) is 0 Å². The summed E-state index contributed by atoms with van der Waals surface area (Å²) in [6, 6.07) is 11.8. The highest BCUT2D eigenvalue weighted by molar-refractivity contribution is 7.87. The number of hydrogen-bond acceptors (Lipinski definition) is 9. The molecular weight excluding hydrogens is 431 g/mol. The molecule has 0 saturated heterocycles. The lowest BCUT2D eigenvalue weighted by Gasteiger charge is -2.08. The Labute approximate surface area is 164 Å². The van der Waals surface area contributed by atoms with Gasteiger partial charge in [0.15, 0.2) is 13.6 Å². The molecule has 9 nitrogen and oxygen atoms in total. The van der Waals surface area contributed by atoms with Crippen LogP contribution in [0.3, 0.4) is 0 Å². The van der Waals surface area contributed by atoms with Crippen molar-refractivity contribution in [3.05, 3.63) is 59.7 Å². The van der Waals surface area contributed by atoms with Crippen LogP contribution in [0.5, 0.6) is 0 Å². The average molecular weight is 450 g/mol. The third kappa shape index (κ3) is 6.78. The molecule has 0 spiro atoms. The highest BCUT2D eigenvalue weighted by Crippen LogP contribution is 2.25. The molecule has 2 aromatic rings. The molecule has 0 atom stereocenters. The van der Waals surface area contributed by atoms with E-state index in [1.54, 1.807) is 38.1 Å². The van der Waals surface area contributed by atoms with Crippen molar-refractivity contribution in [2.24, 2.45) is 0 Å². The molecule has 154 valence electrons. The number of benzene rings is 2. The Balaban J connectivity index is 1.77. The maximum absolute atomic E-state index is 11.9. The second-order valence-electron chi connectivity index (χ2n) is 5.54. The summed E-state index contributed by atoms with van der Waals surface area (Å²) in [6.45, 7) is 1.87. The second kappa shape index (κ2) is 9.75. The van der Waals surface area contributed by atoms with E-state index in [9.17, 15) is 21.4 Å². The summed E-state index contributed by atoms with van der Waals surface area (Å²) in [5.41, 5.74) is 1.74. The van der Waals surface area contributed by atoms with Crippen LogP contribution in [0.4, 0.5) is 0 Å². The van der Waals surface area contributed by atoms with Gasteiger partial charge in [0, 0.05) is 0 Å². The Morgan fingerprint density at radius 3 is 1.32 bits per heavy atom. The van der Waals surface area contributed by atoms with Crippen LogP contribution < -0.4 is 0 Å². The van der Waals surface area contributed by atoms with E-state index >= 15 is 0 Å². The fourth-order valence-corrected chi connectivity index (χ4v) is 3.98. The van der Waals surface area contributed by atoms with Gasteiger partial charge in [-0.05, 0) is 38.1 Å². The van der Waals surface area contributed by atoms with Gasteiger partial charge in [0.2, 0.25) is 0 Å². The van der Waals surface area contributed by atoms with Crippen molar-refractivity contribution in [2.75, 3.05) is 13.6 Å². The van der Waals surface area contributed by atoms with Crippen molar-refractivity contribution in [3.8, 4) is 0 Å². The van der Waals surface area contributed by atoms with Gasteiger partial charge in [-0.2, -0.15) is 16.8 Å². The summed E-state index contributed by atoms with van der Waals surface area (Å²) < 4.78 is 77.6. The van der Waals surface area contributed by atoms with Gasteiger partial charge in [0.1, 0.15) is 0 Å². The molecule has 0 unspecified atom stereocenters. The first-order chi connectivity index (χ1) is 13.1. The van der Waals surface area contributed by atoms with E-state index in [1.165, 1.54) is 24.3 Å². The SMILES string of the molecule is Cc1ccc(S(=O)(=O)OCO[PH](=O)OCOS(=O)(=O)c2ccc(C)cc2)cc1. The molecule has 0 N–H and O–H groups in total. The van der Waals surface area contributed by atoms with E-state index in [-0.39, 0.29) is 9.79 Å². The summed E-state index contributed by atoms with van der Waals surface area (Å²) in [7, 11) is -11.4. The lowest BCUT2D eigenvalue weighted by molar-refractivity contribution is 0.0754. The van der Waals surface area contributed by atoms with Crippen LogP contribution in [-0.4, -0.2) is 30.4 Å². The van der Waals surface area contributed by atoms with Crippen LogP contribution in [0.2, 0.25) is 0 Å². The fourth-order valence-electron chi connectivity index (χ4n) is 1.86. The van der Waals surface area contributed by atoms with Gasteiger partial charge < -0.3 is 0 Å². The predicted octanol–water partition coefficient (Wildman–Crippen LogP) is 2.75. The van der Waals surface area contributed by atoms with Crippen LogP contribution in [0.1, 0.15) is 11.1 Å². The van der Waals surface area contributed by atoms with E-state index in [1.807, 2.05) is 0 Å². The molecule has 0 fully saturated rings. The lowest BCUT2D eigenvalue weighted by Crippen LogP contribution is -2.10. The molecule has 0 aliphatic carbocycles. The monoisotopic (exact) mass is 450 g/mol. The molecular formula is C16H19O9PS2. The van der Waals surface area contributed by atoms with Crippen molar-refractivity contribution in [3.63, 3.8) is 0 Å². The van der Waals surface area contributed by atoms with Crippen molar-refractivity contribution < 1.29 is 38.8 Å². The Hall–Kier alpha value is -1.59.